The van der Waals surface area contributed by atoms with Gasteiger partial charge in [0.1, 0.15) is 17.3 Å². The van der Waals surface area contributed by atoms with Gasteiger partial charge in [-0.2, -0.15) is 0 Å². The molecule has 1 amide bonds. The van der Waals surface area contributed by atoms with E-state index in [-0.39, 0.29) is 31.2 Å². The Hall–Kier alpha value is -4.66. The molecule has 0 spiro atoms. The number of pyridine rings is 1. The summed E-state index contributed by atoms with van der Waals surface area (Å²) in [6.07, 6.45) is 3.61. The number of benzene rings is 3. The van der Waals surface area contributed by atoms with Gasteiger partial charge in [0.15, 0.2) is 24.1 Å². The van der Waals surface area contributed by atoms with E-state index in [4.69, 9.17) is 10.5 Å². The number of ether oxygens (including phenoxy) is 1. The van der Waals surface area contributed by atoms with Crippen molar-refractivity contribution in [2.75, 3.05) is 6.61 Å². The summed E-state index contributed by atoms with van der Waals surface area (Å²) in [4.78, 5) is 19.8. The van der Waals surface area contributed by atoms with E-state index in [0.29, 0.717) is 23.5 Å². The van der Waals surface area contributed by atoms with Gasteiger partial charge in [-0.3, -0.25) is 4.79 Å². The molecular weight excluding hydrogens is 481 g/mol. The molecule has 0 aliphatic carbocycles. The first kappa shape index (κ1) is 25.4. The van der Waals surface area contributed by atoms with Crippen LogP contribution in [0.25, 0.3) is 33.9 Å². The van der Waals surface area contributed by atoms with Crippen LogP contribution in [-0.4, -0.2) is 27.0 Å². The Labute approximate surface area is 211 Å². The van der Waals surface area contributed by atoms with Gasteiger partial charge in [-0.1, -0.05) is 37.8 Å². The zero-order valence-corrected chi connectivity index (χ0v) is 18.8. The molecule has 5 rings (SSSR count). The normalized spacial score (nSPS) is 10.8. The highest BCUT2D eigenvalue weighted by molar-refractivity contribution is 5.76. The molecule has 9 heteroatoms. The van der Waals surface area contributed by atoms with Crippen molar-refractivity contribution < 1.29 is 22.7 Å². The maximum atomic E-state index is 14.2. The smallest absolute Gasteiger partial charge is 0.255 e. The Balaban J connectivity index is 0.00000320. The van der Waals surface area contributed by atoms with E-state index in [2.05, 4.69) is 9.97 Å². The molecule has 0 bridgehead atoms. The van der Waals surface area contributed by atoms with Crippen LogP contribution in [0, 0.1) is 17.5 Å². The Morgan fingerprint density at radius 2 is 1.68 bits per heavy atom. The van der Waals surface area contributed by atoms with Crippen molar-refractivity contribution in [2.45, 2.75) is 14.0 Å². The molecule has 0 saturated heterocycles. The van der Waals surface area contributed by atoms with Crippen molar-refractivity contribution in [3.05, 3.63) is 102 Å². The third-order valence-corrected chi connectivity index (χ3v) is 5.56. The monoisotopic (exact) mass is 504 g/mol. The van der Waals surface area contributed by atoms with Crippen molar-refractivity contribution in [3.63, 3.8) is 0 Å². The maximum Gasteiger partial charge on any atom is 0.255 e. The predicted molar refractivity (Wildman–Crippen MR) is 134 cm³/mol. The van der Waals surface area contributed by atoms with Gasteiger partial charge < -0.3 is 15.0 Å². The minimum absolute atomic E-state index is 0. The lowest BCUT2D eigenvalue weighted by atomic mass is 10.0. The van der Waals surface area contributed by atoms with Crippen LogP contribution >= 0.6 is 0 Å². The van der Waals surface area contributed by atoms with Gasteiger partial charge in [-0.05, 0) is 41.5 Å². The van der Waals surface area contributed by atoms with Gasteiger partial charge in [-0.25, -0.2) is 23.1 Å². The highest BCUT2D eigenvalue weighted by atomic mass is 19.2. The highest BCUT2D eigenvalue weighted by Crippen LogP contribution is 2.31. The molecule has 3 aromatic carbocycles. The lowest BCUT2D eigenvalue weighted by Crippen LogP contribution is -2.20. The van der Waals surface area contributed by atoms with Gasteiger partial charge in [0.25, 0.3) is 5.91 Å². The molecule has 0 atom stereocenters. The van der Waals surface area contributed by atoms with Crippen LogP contribution in [-0.2, 0) is 11.3 Å². The van der Waals surface area contributed by atoms with Crippen LogP contribution in [0.1, 0.15) is 13.0 Å². The molecule has 2 N–H and O–H groups in total. The van der Waals surface area contributed by atoms with Crippen LogP contribution in [0.3, 0.4) is 0 Å². The first-order valence-electron chi connectivity index (χ1n) is 11.0. The largest absolute Gasteiger partial charge is 0.483 e. The fourth-order valence-electron chi connectivity index (χ4n) is 3.85. The standard InChI is InChI=1S/C27H19F3N4O2.CH4/c28-18-8-9-19(24(12-18)36-15-25(31)35)17-6-4-16(5-7-17)13-34-11-10-22-23(14-34)33-27(32-22)20-2-1-3-21(29)26(20)30;/h1-12,14H,13,15H2,(H2,31,35);1H4. The number of carbonyl (C=O) groups excluding carboxylic acids is 1. The summed E-state index contributed by atoms with van der Waals surface area (Å²) >= 11 is 0. The van der Waals surface area contributed by atoms with Gasteiger partial charge >= 0.3 is 0 Å². The Morgan fingerprint density at radius 1 is 0.919 bits per heavy atom. The average Bonchev–Trinajstić information content (AvgIpc) is 3.28. The summed E-state index contributed by atoms with van der Waals surface area (Å²) in [6, 6.07) is 17.3. The molecule has 3 aromatic rings. The summed E-state index contributed by atoms with van der Waals surface area (Å²) in [6.45, 7) is 0.160. The van der Waals surface area contributed by atoms with E-state index >= 15 is 0 Å². The number of hydrogen-bond donors (Lipinski definition) is 1. The second-order valence-electron chi connectivity index (χ2n) is 8.13. The van der Waals surface area contributed by atoms with Crippen molar-refractivity contribution >= 4 is 5.91 Å². The molecular formula is C28H23F3N4O2. The number of imidazole rings is 1. The zero-order chi connectivity index (χ0) is 25.2. The van der Waals surface area contributed by atoms with E-state index in [1.54, 1.807) is 18.3 Å². The Morgan fingerprint density at radius 3 is 2.43 bits per heavy atom. The number of rotatable bonds is 7. The lowest BCUT2D eigenvalue weighted by Gasteiger charge is -2.12. The SMILES string of the molecule is C.NC(=O)COc1cc(F)ccc1-c1ccc(Cn2ccc3nc(-c4cccc(F)c4F)nc-3c2)cc1. The summed E-state index contributed by atoms with van der Waals surface area (Å²) < 4.78 is 48.7. The van der Waals surface area contributed by atoms with Crippen molar-refractivity contribution in [1.29, 1.82) is 0 Å². The molecule has 2 aliphatic rings. The van der Waals surface area contributed by atoms with Gasteiger partial charge in [0, 0.05) is 30.6 Å². The molecule has 0 aromatic heterocycles. The van der Waals surface area contributed by atoms with E-state index in [1.807, 2.05) is 35.0 Å². The predicted octanol–water partition coefficient (Wildman–Crippen LogP) is 5.68. The third kappa shape index (κ3) is 5.45. The number of nitrogens with two attached hydrogens (primary N) is 1. The van der Waals surface area contributed by atoms with E-state index < -0.39 is 23.4 Å². The van der Waals surface area contributed by atoms with E-state index in [9.17, 15) is 18.0 Å². The van der Waals surface area contributed by atoms with Crippen LogP contribution in [0.2, 0.25) is 0 Å². The number of fused-ring (bicyclic) bond motifs is 1. The summed E-state index contributed by atoms with van der Waals surface area (Å²) in [7, 11) is 0. The minimum Gasteiger partial charge on any atom is -0.483 e. The zero-order valence-electron chi connectivity index (χ0n) is 18.8. The number of amides is 1. The number of aromatic nitrogens is 3. The van der Waals surface area contributed by atoms with Gasteiger partial charge in [0.05, 0.1) is 11.3 Å². The average molecular weight is 505 g/mol. The molecule has 0 unspecified atom stereocenters. The fourth-order valence-corrected chi connectivity index (χ4v) is 3.85. The molecule has 0 radical (unpaired) electrons. The van der Waals surface area contributed by atoms with Crippen LogP contribution in [0.5, 0.6) is 5.75 Å². The lowest BCUT2D eigenvalue weighted by molar-refractivity contribution is -0.119. The number of nitrogens with zero attached hydrogens (tertiary/aromatic N) is 3. The summed E-state index contributed by atoms with van der Waals surface area (Å²) in [5.74, 6) is -2.73. The number of hydrogen-bond acceptors (Lipinski definition) is 4. The molecule has 2 heterocycles. The van der Waals surface area contributed by atoms with E-state index in [0.717, 1.165) is 17.2 Å². The van der Waals surface area contributed by atoms with Gasteiger partial charge in [-0.15, -0.1) is 0 Å². The first-order chi connectivity index (χ1) is 17.4. The number of halogens is 3. The topological polar surface area (TPSA) is 83.0 Å². The summed E-state index contributed by atoms with van der Waals surface area (Å²) in [5.41, 5.74) is 8.65. The number of primary amides is 1. The van der Waals surface area contributed by atoms with Gasteiger partial charge in [0.2, 0.25) is 0 Å². The number of carbonyl (C=O) groups is 1. The Bertz CT molecular complexity index is 1530. The molecule has 37 heavy (non-hydrogen) atoms. The van der Waals surface area contributed by atoms with Crippen molar-refractivity contribution in [2.24, 2.45) is 5.73 Å². The molecule has 2 aliphatic heterocycles. The molecule has 0 saturated carbocycles. The second kappa shape index (κ2) is 10.5. The van der Waals surface area contributed by atoms with E-state index in [1.165, 1.54) is 24.3 Å². The second-order valence-corrected chi connectivity index (χ2v) is 8.13. The molecule has 6 nitrogen and oxygen atoms in total. The maximum absolute atomic E-state index is 14.2. The minimum atomic E-state index is -0.981. The molecule has 188 valence electrons. The van der Waals surface area contributed by atoms with Crippen LogP contribution in [0.4, 0.5) is 13.2 Å². The molecule has 0 fully saturated rings. The van der Waals surface area contributed by atoms with Crippen LogP contribution in [0.15, 0.2) is 79.1 Å². The quantitative estimate of drug-likeness (QED) is 0.309. The van der Waals surface area contributed by atoms with Crippen molar-refractivity contribution in [1.82, 2.24) is 14.5 Å². The summed E-state index contributed by atoms with van der Waals surface area (Å²) in [5, 5.41) is 0. The first-order valence-corrected chi connectivity index (χ1v) is 11.0. The third-order valence-electron chi connectivity index (χ3n) is 5.56. The van der Waals surface area contributed by atoms with Crippen molar-refractivity contribution in [3.8, 4) is 39.7 Å². The Kier molecular flexibility index (Phi) is 7.24. The van der Waals surface area contributed by atoms with Crippen LogP contribution < -0.4 is 10.5 Å². The fraction of sp³-hybridized carbons (Fsp3) is 0.107. The highest BCUT2D eigenvalue weighted by Gasteiger charge is 2.17.